The molecule has 80 valence electrons. The summed E-state index contributed by atoms with van der Waals surface area (Å²) in [5.74, 6) is -1.18. The number of hydrogen-bond acceptors (Lipinski definition) is 4. The van der Waals surface area contributed by atoms with Gasteiger partial charge in [-0.2, -0.15) is 0 Å². The second-order valence-corrected chi connectivity index (χ2v) is 3.42. The van der Waals surface area contributed by atoms with E-state index < -0.39 is 12.0 Å². The number of aliphatic carboxylic acids is 1. The molecule has 1 aliphatic carbocycles. The maximum atomic E-state index is 11.1. The van der Waals surface area contributed by atoms with Crippen LogP contribution in [0.3, 0.4) is 0 Å². The molecule has 0 aliphatic heterocycles. The fraction of sp³-hybridized carbons (Fsp3) is 0.750. The van der Waals surface area contributed by atoms with Crippen LogP contribution in [0.15, 0.2) is 0 Å². The monoisotopic (exact) mass is 201 g/mol. The van der Waals surface area contributed by atoms with E-state index in [9.17, 15) is 9.59 Å². The van der Waals surface area contributed by atoms with Crippen molar-refractivity contribution in [2.24, 2.45) is 5.73 Å². The normalized spacial score (nSPS) is 17.5. The van der Waals surface area contributed by atoms with Crippen molar-refractivity contribution in [1.29, 1.82) is 0 Å². The fourth-order valence-electron chi connectivity index (χ4n) is 0.935. The van der Waals surface area contributed by atoms with Crippen LogP contribution in [0.4, 0.5) is 0 Å². The van der Waals surface area contributed by atoms with Crippen molar-refractivity contribution in [2.75, 3.05) is 13.1 Å². The van der Waals surface area contributed by atoms with Gasteiger partial charge in [-0.15, -0.1) is 0 Å². The molecule has 0 radical (unpaired) electrons. The Balaban J connectivity index is 2.01. The molecule has 1 aliphatic rings. The van der Waals surface area contributed by atoms with E-state index in [1.165, 1.54) is 0 Å². The summed E-state index contributed by atoms with van der Waals surface area (Å²) in [6.45, 7) is 0.227. The summed E-state index contributed by atoms with van der Waals surface area (Å²) in [6.07, 6.45) is 2.08. The van der Waals surface area contributed by atoms with E-state index in [-0.39, 0.29) is 19.0 Å². The lowest BCUT2D eigenvalue weighted by Crippen LogP contribution is -2.44. The second kappa shape index (κ2) is 4.92. The molecule has 0 bridgehead atoms. The predicted molar refractivity (Wildman–Crippen MR) is 49.6 cm³/mol. The molecule has 14 heavy (non-hydrogen) atoms. The maximum absolute atomic E-state index is 11.1. The summed E-state index contributed by atoms with van der Waals surface area (Å²) >= 11 is 0. The highest BCUT2D eigenvalue weighted by Crippen LogP contribution is 2.17. The number of hydrogen-bond donors (Lipinski definition) is 4. The molecule has 1 unspecified atom stereocenters. The first-order chi connectivity index (χ1) is 6.59. The Morgan fingerprint density at radius 2 is 2.14 bits per heavy atom. The summed E-state index contributed by atoms with van der Waals surface area (Å²) in [4.78, 5) is 21.4. The van der Waals surface area contributed by atoms with Crippen LogP contribution in [0.2, 0.25) is 0 Å². The first-order valence-corrected chi connectivity index (χ1v) is 4.58. The highest BCUT2D eigenvalue weighted by molar-refractivity contribution is 5.79. The van der Waals surface area contributed by atoms with Crippen molar-refractivity contribution >= 4 is 11.9 Å². The van der Waals surface area contributed by atoms with Crippen LogP contribution in [-0.2, 0) is 9.59 Å². The van der Waals surface area contributed by atoms with Gasteiger partial charge in [0, 0.05) is 12.6 Å². The largest absolute Gasteiger partial charge is 0.480 e. The zero-order valence-corrected chi connectivity index (χ0v) is 7.82. The minimum atomic E-state index is -1.07. The third-order valence-corrected chi connectivity index (χ3v) is 1.91. The van der Waals surface area contributed by atoms with Gasteiger partial charge >= 0.3 is 5.97 Å². The molecule has 1 fully saturated rings. The van der Waals surface area contributed by atoms with Gasteiger partial charge in [0.1, 0.15) is 6.04 Å². The van der Waals surface area contributed by atoms with Crippen LogP contribution in [-0.4, -0.2) is 42.2 Å². The second-order valence-electron chi connectivity index (χ2n) is 3.42. The van der Waals surface area contributed by atoms with E-state index in [0.29, 0.717) is 6.04 Å². The Hall–Kier alpha value is -1.14. The van der Waals surface area contributed by atoms with Gasteiger partial charge < -0.3 is 21.5 Å². The first kappa shape index (κ1) is 10.9. The van der Waals surface area contributed by atoms with E-state index >= 15 is 0 Å². The van der Waals surface area contributed by atoms with E-state index in [0.717, 1.165) is 12.8 Å². The number of rotatable bonds is 6. The third-order valence-electron chi connectivity index (χ3n) is 1.91. The number of nitrogens with two attached hydrogens (primary N) is 1. The Labute approximate surface area is 81.8 Å². The Bertz CT molecular complexity index is 228. The number of carboxylic acid groups (broad SMARTS) is 1. The molecule has 0 heterocycles. The number of amides is 1. The Kier molecular flexibility index (Phi) is 3.84. The van der Waals surface area contributed by atoms with E-state index in [4.69, 9.17) is 10.8 Å². The molecule has 6 nitrogen and oxygen atoms in total. The Morgan fingerprint density at radius 1 is 1.50 bits per heavy atom. The third kappa shape index (κ3) is 4.20. The summed E-state index contributed by atoms with van der Waals surface area (Å²) in [6, 6.07) is -0.624. The molecule has 0 aromatic rings. The van der Waals surface area contributed by atoms with Crippen molar-refractivity contribution in [2.45, 2.75) is 24.9 Å². The van der Waals surface area contributed by atoms with Crippen LogP contribution in [0.25, 0.3) is 0 Å². The van der Waals surface area contributed by atoms with Gasteiger partial charge in [-0.25, -0.2) is 0 Å². The molecule has 1 atom stereocenters. The Morgan fingerprint density at radius 3 is 2.64 bits per heavy atom. The molecule has 6 heteroatoms. The van der Waals surface area contributed by atoms with Crippen LogP contribution < -0.4 is 16.4 Å². The van der Waals surface area contributed by atoms with Gasteiger partial charge in [0.2, 0.25) is 5.91 Å². The summed E-state index contributed by atoms with van der Waals surface area (Å²) < 4.78 is 0. The number of carbonyl (C=O) groups excluding carboxylic acids is 1. The molecule has 0 aromatic heterocycles. The molecular formula is C8H15N3O3. The molecule has 1 rings (SSSR count). The average Bonchev–Trinajstić information content (AvgIpc) is 2.87. The molecule has 1 saturated carbocycles. The van der Waals surface area contributed by atoms with Crippen LogP contribution >= 0.6 is 0 Å². The lowest BCUT2D eigenvalue weighted by Gasteiger charge is -2.08. The average molecular weight is 201 g/mol. The van der Waals surface area contributed by atoms with Crippen molar-refractivity contribution < 1.29 is 14.7 Å². The molecule has 1 amide bonds. The van der Waals surface area contributed by atoms with Gasteiger partial charge in [0.25, 0.3) is 0 Å². The molecule has 0 spiro atoms. The summed E-state index contributed by atoms with van der Waals surface area (Å²) in [7, 11) is 0. The lowest BCUT2D eigenvalue weighted by atomic mass is 10.3. The predicted octanol–water partition coefficient (Wildman–Crippen LogP) is -1.73. The standard InChI is InChI=1S/C8H15N3O3/c9-6(8(13)14)3-10-4-7(12)11-5-1-2-5/h5-6,10H,1-4,9H2,(H,11,12)(H,13,14). The quantitative estimate of drug-likeness (QED) is 0.408. The minimum Gasteiger partial charge on any atom is -0.480 e. The first-order valence-electron chi connectivity index (χ1n) is 4.58. The highest BCUT2D eigenvalue weighted by atomic mass is 16.4. The number of carbonyl (C=O) groups is 2. The van der Waals surface area contributed by atoms with Crippen molar-refractivity contribution in [3.63, 3.8) is 0 Å². The topological polar surface area (TPSA) is 104 Å². The molecule has 5 N–H and O–H groups in total. The zero-order chi connectivity index (χ0) is 10.6. The van der Waals surface area contributed by atoms with Gasteiger partial charge in [-0.05, 0) is 12.8 Å². The minimum absolute atomic E-state index is 0.105. The smallest absolute Gasteiger partial charge is 0.321 e. The molecule has 0 aromatic carbocycles. The molecule has 0 saturated heterocycles. The van der Waals surface area contributed by atoms with Crippen LogP contribution in [0.1, 0.15) is 12.8 Å². The van der Waals surface area contributed by atoms with Crippen molar-refractivity contribution in [3.05, 3.63) is 0 Å². The zero-order valence-electron chi connectivity index (χ0n) is 7.82. The fourth-order valence-corrected chi connectivity index (χ4v) is 0.935. The summed E-state index contributed by atoms with van der Waals surface area (Å²) in [5, 5.41) is 13.9. The van der Waals surface area contributed by atoms with Gasteiger partial charge in [-0.3, -0.25) is 9.59 Å². The highest BCUT2D eigenvalue weighted by Gasteiger charge is 2.22. The van der Waals surface area contributed by atoms with Crippen molar-refractivity contribution in [1.82, 2.24) is 10.6 Å². The van der Waals surface area contributed by atoms with Crippen LogP contribution in [0.5, 0.6) is 0 Å². The summed E-state index contributed by atoms with van der Waals surface area (Å²) in [5.41, 5.74) is 5.22. The van der Waals surface area contributed by atoms with Gasteiger partial charge in [-0.1, -0.05) is 0 Å². The van der Waals surface area contributed by atoms with E-state index in [1.54, 1.807) is 0 Å². The van der Waals surface area contributed by atoms with Gasteiger partial charge in [0.15, 0.2) is 0 Å². The maximum Gasteiger partial charge on any atom is 0.321 e. The number of nitrogens with one attached hydrogen (secondary N) is 2. The SMILES string of the molecule is NC(CNCC(=O)NC1CC1)C(=O)O. The lowest BCUT2D eigenvalue weighted by molar-refractivity contribution is -0.138. The van der Waals surface area contributed by atoms with Crippen molar-refractivity contribution in [3.8, 4) is 0 Å². The number of carboxylic acids is 1. The van der Waals surface area contributed by atoms with Gasteiger partial charge in [0.05, 0.1) is 6.54 Å². The van der Waals surface area contributed by atoms with E-state index in [1.807, 2.05) is 0 Å². The van der Waals surface area contributed by atoms with E-state index in [2.05, 4.69) is 10.6 Å². The van der Waals surface area contributed by atoms with Crippen LogP contribution in [0, 0.1) is 0 Å². The molecular weight excluding hydrogens is 186 g/mol.